The van der Waals surface area contributed by atoms with Gasteiger partial charge in [0.2, 0.25) is 15.9 Å². The van der Waals surface area contributed by atoms with Gasteiger partial charge >= 0.3 is 6.18 Å². The van der Waals surface area contributed by atoms with Crippen molar-refractivity contribution in [2.75, 3.05) is 6.54 Å². The third-order valence-corrected chi connectivity index (χ3v) is 7.32. The minimum absolute atomic E-state index is 0.0868. The van der Waals surface area contributed by atoms with E-state index >= 15 is 0 Å². The highest BCUT2D eigenvalue weighted by Crippen LogP contribution is 2.39. The van der Waals surface area contributed by atoms with Crippen LogP contribution in [0.25, 0.3) is 0 Å². The number of carbonyl (C=O) groups excluding carboxylic acids is 1. The van der Waals surface area contributed by atoms with E-state index in [0.717, 1.165) is 12.1 Å². The molecule has 9 heteroatoms. The number of hydrogen-bond donors (Lipinski definition) is 2. The summed E-state index contributed by atoms with van der Waals surface area (Å²) in [5.74, 6) is -1.19. The van der Waals surface area contributed by atoms with E-state index in [1.54, 1.807) is 18.2 Å². The lowest BCUT2D eigenvalue weighted by Gasteiger charge is -2.33. The van der Waals surface area contributed by atoms with Gasteiger partial charge in [0.25, 0.3) is 0 Å². The molecule has 0 radical (unpaired) electrons. The molecule has 0 spiro atoms. The molecule has 2 aromatic carbocycles. The summed E-state index contributed by atoms with van der Waals surface area (Å²) in [6.45, 7) is 0.297. The SMILES string of the molecule is NC(=O)C(c1ccc(C(F)(F)F)cc1)C1CCC(CNS(=O)(=O)c2ccccc2)CC1. The van der Waals surface area contributed by atoms with Crippen LogP contribution in [0.1, 0.15) is 42.7 Å². The Bertz CT molecular complexity index is 985. The number of primary amides is 1. The number of benzene rings is 2. The first-order valence-corrected chi connectivity index (χ1v) is 11.6. The zero-order valence-electron chi connectivity index (χ0n) is 16.8. The van der Waals surface area contributed by atoms with Gasteiger partial charge in [0.15, 0.2) is 0 Å². The van der Waals surface area contributed by atoms with Gasteiger partial charge in [-0.2, -0.15) is 13.2 Å². The van der Waals surface area contributed by atoms with Crippen molar-refractivity contribution in [2.24, 2.45) is 17.6 Å². The third-order valence-electron chi connectivity index (χ3n) is 5.88. The van der Waals surface area contributed by atoms with E-state index in [9.17, 15) is 26.4 Å². The molecule has 1 amide bonds. The standard InChI is InChI=1S/C22H25F3N2O3S/c23-22(24,25)18-12-10-17(11-13-18)20(21(26)28)16-8-6-15(7-9-16)14-27-31(29,30)19-4-2-1-3-5-19/h1-5,10-13,15-16,20,27H,6-9,14H2,(H2,26,28). The second kappa shape index (κ2) is 9.40. The summed E-state index contributed by atoms with van der Waals surface area (Å²) in [7, 11) is -3.58. The average molecular weight is 455 g/mol. The second-order valence-electron chi connectivity index (χ2n) is 7.95. The van der Waals surface area contributed by atoms with E-state index in [1.807, 2.05) is 0 Å². The van der Waals surface area contributed by atoms with E-state index in [0.29, 0.717) is 37.8 Å². The summed E-state index contributed by atoms with van der Waals surface area (Å²) < 4.78 is 65.8. The lowest BCUT2D eigenvalue weighted by atomic mass is 9.73. The van der Waals surface area contributed by atoms with Crippen molar-refractivity contribution >= 4 is 15.9 Å². The molecule has 5 nitrogen and oxygen atoms in total. The predicted octanol–water partition coefficient (Wildman–Crippen LogP) is 4.06. The Morgan fingerprint density at radius 2 is 1.58 bits per heavy atom. The molecule has 0 heterocycles. The maximum absolute atomic E-state index is 12.8. The molecule has 0 aliphatic heterocycles. The molecule has 1 aliphatic carbocycles. The Morgan fingerprint density at radius 1 is 1.00 bits per heavy atom. The van der Waals surface area contributed by atoms with Crippen molar-refractivity contribution in [3.8, 4) is 0 Å². The van der Waals surface area contributed by atoms with E-state index in [1.165, 1.54) is 24.3 Å². The Hall–Kier alpha value is -2.39. The second-order valence-corrected chi connectivity index (χ2v) is 9.71. The van der Waals surface area contributed by atoms with Gasteiger partial charge in [-0.05, 0) is 67.3 Å². The van der Waals surface area contributed by atoms with Crippen LogP contribution < -0.4 is 10.5 Å². The van der Waals surface area contributed by atoms with Gasteiger partial charge in [0, 0.05) is 6.54 Å². The number of alkyl halides is 3. The predicted molar refractivity (Wildman–Crippen MR) is 110 cm³/mol. The van der Waals surface area contributed by atoms with Crippen LogP contribution in [0, 0.1) is 11.8 Å². The molecule has 0 aromatic heterocycles. The molecule has 0 saturated heterocycles. The Morgan fingerprint density at radius 3 is 2.10 bits per heavy atom. The summed E-state index contributed by atoms with van der Waals surface area (Å²) in [6, 6.07) is 12.7. The van der Waals surface area contributed by atoms with Crippen LogP contribution in [-0.2, 0) is 21.0 Å². The van der Waals surface area contributed by atoms with Crippen molar-refractivity contribution in [2.45, 2.75) is 42.7 Å². The quantitative estimate of drug-likeness (QED) is 0.661. The van der Waals surface area contributed by atoms with Gasteiger partial charge < -0.3 is 5.73 Å². The van der Waals surface area contributed by atoms with Gasteiger partial charge in [-0.3, -0.25) is 4.79 Å². The minimum Gasteiger partial charge on any atom is -0.369 e. The van der Waals surface area contributed by atoms with E-state index in [-0.39, 0.29) is 16.7 Å². The summed E-state index contributed by atoms with van der Waals surface area (Å²) >= 11 is 0. The van der Waals surface area contributed by atoms with Crippen LogP contribution in [0.4, 0.5) is 13.2 Å². The number of halogens is 3. The number of nitrogens with two attached hydrogens (primary N) is 1. The molecule has 2 aromatic rings. The fourth-order valence-corrected chi connectivity index (χ4v) is 5.32. The molecular formula is C22H25F3N2O3S. The first-order valence-electron chi connectivity index (χ1n) is 10.1. The van der Waals surface area contributed by atoms with Crippen molar-refractivity contribution in [3.05, 3.63) is 65.7 Å². The topological polar surface area (TPSA) is 89.3 Å². The molecule has 1 atom stereocenters. The lowest BCUT2D eigenvalue weighted by Crippen LogP contribution is -2.34. The van der Waals surface area contributed by atoms with Gasteiger partial charge in [-0.1, -0.05) is 30.3 Å². The zero-order chi connectivity index (χ0) is 22.6. The molecule has 1 unspecified atom stereocenters. The van der Waals surface area contributed by atoms with Crippen LogP contribution in [-0.4, -0.2) is 20.9 Å². The molecule has 168 valence electrons. The number of amides is 1. The minimum atomic E-state index is -4.44. The van der Waals surface area contributed by atoms with Crippen molar-refractivity contribution < 1.29 is 26.4 Å². The Kier molecular flexibility index (Phi) is 7.06. The van der Waals surface area contributed by atoms with E-state index in [4.69, 9.17) is 5.73 Å². The Labute approximate surface area is 179 Å². The Balaban J connectivity index is 1.60. The molecule has 1 fully saturated rings. The van der Waals surface area contributed by atoms with Gasteiger partial charge in [0.1, 0.15) is 0 Å². The van der Waals surface area contributed by atoms with Crippen LogP contribution in [0.15, 0.2) is 59.5 Å². The maximum Gasteiger partial charge on any atom is 0.416 e. The molecule has 31 heavy (non-hydrogen) atoms. The summed E-state index contributed by atoms with van der Waals surface area (Å²) in [6.07, 6.45) is -1.75. The van der Waals surface area contributed by atoms with Crippen molar-refractivity contribution in [3.63, 3.8) is 0 Å². The van der Waals surface area contributed by atoms with Crippen LogP contribution >= 0.6 is 0 Å². The molecular weight excluding hydrogens is 429 g/mol. The number of nitrogens with one attached hydrogen (secondary N) is 1. The highest BCUT2D eigenvalue weighted by Gasteiger charge is 2.34. The van der Waals surface area contributed by atoms with Crippen LogP contribution in [0.3, 0.4) is 0 Å². The van der Waals surface area contributed by atoms with Crippen molar-refractivity contribution in [1.29, 1.82) is 0 Å². The number of carbonyl (C=O) groups is 1. The number of sulfonamides is 1. The fourth-order valence-electron chi connectivity index (χ4n) is 4.18. The van der Waals surface area contributed by atoms with Gasteiger partial charge in [0.05, 0.1) is 16.4 Å². The van der Waals surface area contributed by atoms with Crippen molar-refractivity contribution in [1.82, 2.24) is 4.72 Å². The third kappa shape index (κ3) is 5.86. The summed E-state index contributed by atoms with van der Waals surface area (Å²) in [5, 5.41) is 0. The largest absolute Gasteiger partial charge is 0.416 e. The average Bonchev–Trinajstić information content (AvgIpc) is 2.73. The molecule has 1 saturated carbocycles. The smallest absolute Gasteiger partial charge is 0.369 e. The fraction of sp³-hybridized carbons (Fsp3) is 0.409. The number of hydrogen-bond acceptors (Lipinski definition) is 3. The molecule has 3 N–H and O–H groups in total. The zero-order valence-corrected chi connectivity index (χ0v) is 17.6. The van der Waals surface area contributed by atoms with Crippen LogP contribution in [0.2, 0.25) is 0 Å². The first kappa shape index (κ1) is 23.3. The van der Waals surface area contributed by atoms with E-state index in [2.05, 4.69) is 4.72 Å². The van der Waals surface area contributed by atoms with Crippen LogP contribution in [0.5, 0.6) is 0 Å². The highest BCUT2D eigenvalue weighted by molar-refractivity contribution is 7.89. The van der Waals surface area contributed by atoms with Gasteiger partial charge in [-0.15, -0.1) is 0 Å². The lowest BCUT2D eigenvalue weighted by molar-refractivity contribution is -0.137. The normalized spacial score (nSPS) is 20.9. The first-order chi connectivity index (χ1) is 14.6. The molecule has 3 rings (SSSR count). The molecule has 1 aliphatic rings. The summed E-state index contributed by atoms with van der Waals surface area (Å²) in [5.41, 5.74) is 5.30. The van der Waals surface area contributed by atoms with E-state index < -0.39 is 33.6 Å². The van der Waals surface area contributed by atoms with Gasteiger partial charge in [-0.25, -0.2) is 13.1 Å². The highest BCUT2D eigenvalue weighted by atomic mass is 32.2. The summed E-state index contributed by atoms with van der Waals surface area (Å²) in [4.78, 5) is 12.3. The number of rotatable bonds is 7. The molecule has 0 bridgehead atoms. The maximum atomic E-state index is 12.8. The monoisotopic (exact) mass is 454 g/mol.